The van der Waals surface area contributed by atoms with Crippen LogP contribution in [0.1, 0.15) is 46.4 Å². The number of piperidine rings is 2. The second kappa shape index (κ2) is 19.1. The number of carbonyl (C=O) groups is 4. The van der Waals surface area contributed by atoms with Gasteiger partial charge in [0.25, 0.3) is 11.8 Å². The lowest BCUT2D eigenvalue weighted by molar-refractivity contribution is -0.136. The highest BCUT2D eigenvalue weighted by Gasteiger charge is 2.45. The number of nitrogens with one attached hydrogen (secondary N) is 3. The van der Waals surface area contributed by atoms with E-state index in [1.807, 2.05) is 74.0 Å². The molecule has 0 aliphatic carbocycles. The monoisotopic (exact) mass is 1030 g/mol. The van der Waals surface area contributed by atoms with Crippen molar-refractivity contribution in [2.24, 2.45) is 7.05 Å². The van der Waals surface area contributed by atoms with Crippen molar-refractivity contribution in [2.45, 2.75) is 37.8 Å². The first-order chi connectivity index (χ1) is 33.7. The molecule has 0 saturated carbocycles. The van der Waals surface area contributed by atoms with Crippen LogP contribution >= 0.6 is 23.1 Å². The number of anilines is 6. The zero-order valence-electron chi connectivity index (χ0n) is 39.3. The largest absolute Gasteiger partial charge is 0.494 e. The molecular weight excluding hydrogens is 974 g/mol. The molecule has 1 atom stereocenters. The minimum absolute atomic E-state index is 0.0785. The molecule has 0 radical (unpaired) electrons. The fourth-order valence-electron chi connectivity index (χ4n) is 10.0. The van der Waals surface area contributed by atoms with Crippen molar-refractivity contribution < 1.29 is 28.5 Å². The Morgan fingerprint density at radius 1 is 0.757 bits per heavy atom. The third-order valence-corrected chi connectivity index (χ3v) is 15.8. The smallest absolute Gasteiger partial charge is 0.262 e. The molecule has 360 valence electrons. The average molecular weight is 1030 g/mol. The third kappa shape index (κ3) is 9.30. The first-order valence-corrected chi connectivity index (χ1v) is 26.7. The highest BCUT2D eigenvalue weighted by molar-refractivity contribution is 9.10. The van der Waals surface area contributed by atoms with Gasteiger partial charge in [-0.2, -0.15) is 10.1 Å². The summed E-state index contributed by atoms with van der Waals surface area (Å²) in [6.45, 7) is 8.42. The van der Waals surface area contributed by atoms with Crippen LogP contribution < -0.4 is 35.8 Å². The van der Waals surface area contributed by atoms with E-state index >= 15 is 0 Å². The van der Waals surface area contributed by atoms with E-state index in [1.165, 1.54) is 0 Å². The summed E-state index contributed by atoms with van der Waals surface area (Å²) in [6, 6.07) is 24.8. The van der Waals surface area contributed by atoms with Gasteiger partial charge >= 0.3 is 0 Å². The number of amides is 4. The average Bonchev–Trinajstić information content (AvgIpc) is 3.91. The molecule has 19 heteroatoms. The second-order valence-corrected chi connectivity index (χ2v) is 22.5. The summed E-state index contributed by atoms with van der Waals surface area (Å²) in [5.74, 6) is -0.551. The normalized spacial score (nSPS) is 18.0. The number of piperazine rings is 1. The molecular formula is C51H53BrN11O6P. The minimum atomic E-state index is -2.72. The number of rotatable bonds is 12. The lowest BCUT2D eigenvalue weighted by atomic mass is 9.98. The van der Waals surface area contributed by atoms with Gasteiger partial charge in [0.1, 0.15) is 24.8 Å². The number of imide groups is 2. The number of hydrogen-bond acceptors (Lipinski definition) is 14. The van der Waals surface area contributed by atoms with Crippen LogP contribution in [0.5, 0.6) is 5.75 Å². The molecule has 3 fully saturated rings. The Morgan fingerprint density at radius 3 is 2.21 bits per heavy atom. The predicted octanol–water partition coefficient (Wildman–Crippen LogP) is 7.24. The summed E-state index contributed by atoms with van der Waals surface area (Å²) in [4.78, 5) is 68.8. The maximum Gasteiger partial charge on any atom is 0.262 e. The molecule has 3 saturated heterocycles. The number of aryl methyl sites for hydroxylation is 1. The molecule has 4 amide bonds. The summed E-state index contributed by atoms with van der Waals surface area (Å²) >= 11 is 3.63. The summed E-state index contributed by atoms with van der Waals surface area (Å²) < 4.78 is 22.1. The fourth-order valence-corrected chi connectivity index (χ4v) is 11.5. The van der Waals surface area contributed by atoms with Crippen LogP contribution in [0.25, 0.3) is 22.3 Å². The number of benzene rings is 4. The molecule has 2 aromatic heterocycles. The molecule has 1 unspecified atom stereocenters. The summed E-state index contributed by atoms with van der Waals surface area (Å²) in [5.41, 5.74) is 7.81. The highest BCUT2D eigenvalue weighted by Crippen LogP contribution is 2.43. The summed E-state index contributed by atoms with van der Waals surface area (Å²) in [5, 5.41) is 14.3. The van der Waals surface area contributed by atoms with Crippen LogP contribution in [0.3, 0.4) is 0 Å². The Labute approximate surface area is 414 Å². The van der Waals surface area contributed by atoms with Gasteiger partial charge < -0.3 is 29.7 Å². The minimum Gasteiger partial charge on any atom is -0.494 e. The van der Waals surface area contributed by atoms with Gasteiger partial charge in [0.15, 0.2) is 0 Å². The van der Waals surface area contributed by atoms with Crippen LogP contribution in [0.2, 0.25) is 0 Å². The lowest BCUT2D eigenvalue weighted by Gasteiger charge is -2.44. The van der Waals surface area contributed by atoms with Gasteiger partial charge in [-0.3, -0.25) is 39.0 Å². The molecule has 6 aromatic rings. The molecule has 10 rings (SSSR count). The van der Waals surface area contributed by atoms with Crippen LogP contribution in [0.15, 0.2) is 102 Å². The zero-order valence-corrected chi connectivity index (χ0v) is 41.8. The molecule has 70 heavy (non-hydrogen) atoms. The van der Waals surface area contributed by atoms with Crippen LogP contribution in [0, 0.1) is 0 Å². The lowest BCUT2D eigenvalue weighted by Crippen LogP contribution is -2.54. The van der Waals surface area contributed by atoms with Crippen molar-refractivity contribution in [3.05, 3.63) is 113 Å². The number of methoxy groups -OCH3 is 1. The SMILES string of the molecule is COc1cc(N2CCC(N3CCN(c4ccc5c(c4)C(=O)N(C4CCC(=O)NC4=O)C5=O)CC3)CC2)c(-c2cnn(C)c2)cc1Nc1ncc(Br)c(Nc2ccc(-c3ccccc3)cc2P(C)(C)=O)n1. The maximum absolute atomic E-state index is 13.7. The molecule has 3 N–H and O–H groups in total. The second-order valence-electron chi connectivity index (χ2n) is 18.5. The Balaban J connectivity index is 0.820. The van der Waals surface area contributed by atoms with E-state index in [9.17, 15) is 23.7 Å². The van der Waals surface area contributed by atoms with E-state index in [1.54, 1.807) is 43.5 Å². The van der Waals surface area contributed by atoms with E-state index in [0.29, 0.717) is 50.3 Å². The summed E-state index contributed by atoms with van der Waals surface area (Å²) in [6.07, 6.45) is 7.67. The van der Waals surface area contributed by atoms with Crippen LogP contribution in [-0.2, 0) is 21.2 Å². The van der Waals surface area contributed by atoms with E-state index in [0.717, 1.165) is 90.6 Å². The molecule has 17 nitrogen and oxygen atoms in total. The zero-order chi connectivity index (χ0) is 48.8. The van der Waals surface area contributed by atoms with E-state index in [4.69, 9.17) is 9.72 Å². The van der Waals surface area contributed by atoms with Crippen molar-refractivity contribution in [3.63, 3.8) is 0 Å². The van der Waals surface area contributed by atoms with Crippen molar-refractivity contribution in [1.29, 1.82) is 0 Å². The van der Waals surface area contributed by atoms with Crippen LogP contribution in [-0.4, -0.2) is 125 Å². The number of fused-ring (bicyclic) bond motifs is 1. The molecule has 4 aliphatic heterocycles. The summed E-state index contributed by atoms with van der Waals surface area (Å²) in [7, 11) is 0.837. The molecule has 4 aromatic carbocycles. The molecule has 0 spiro atoms. The van der Waals surface area contributed by atoms with Crippen LogP contribution in [0.4, 0.5) is 34.5 Å². The van der Waals surface area contributed by atoms with Gasteiger partial charge in [-0.05, 0) is 96.0 Å². The molecule has 4 aliphatic rings. The van der Waals surface area contributed by atoms with Crippen molar-refractivity contribution in [3.8, 4) is 28.0 Å². The van der Waals surface area contributed by atoms with Crippen molar-refractivity contribution in [1.82, 2.24) is 34.9 Å². The van der Waals surface area contributed by atoms with E-state index in [-0.39, 0.29) is 18.4 Å². The first-order valence-electron chi connectivity index (χ1n) is 23.3. The number of nitrogens with zero attached hydrogens (tertiary/aromatic N) is 8. The standard InChI is InChI=1S/C51H53BrN11O6P/c1-59-30-33(28-54-59)37-26-41(56-51-53-29-39(52)47(58-51)55-40-13-10-32(24-45(40)70(3,4)68)31-8-6-5-7-9-31)44(69-2)27-43(37)62-18-16-34(17-19-62)60-20-22-61(23-21-60)35-11-12-36-38(25-35)50(67)63(49(36)66)42-14-15-46(64)57-48(42)65/h5-13,24-30,34,42H,14-23H2,1-4H3,(H,57,64,65)(H2,53,55,56,58). The number of ether oxygens (including phenoxy) is 1. The van der Waals surface area contributed by atoms with Gasteiger partial charge in [-0.15, -0.1) is 0 Å². The predicted molar refractivity (Wildman–Crippen MR) is 275 cm³/mol. The number of aromatic nitrogens is 4. The molecule has 6 heterocycles. The fraction of sp³-hybridized carbons (Fsp3) is 0.314. The first kappa shape index (κ1) is 46.8. The Hall–Kier alpha value is -6.88. The maximum atomic E-state index is 13.7. The van der Waals surface area contributed by atoms with Gasteiger partial charge in [-0.1, -0.05) is 36.4 Å². The number of carbonyl (C=O) groups excluding carboxylic acids is 4. The van der Waals surface area contributed by atoms with Gasteiger partial charge in [0.2, 0.25) is 17.8 Å². The number of hydrogen-bond donors (Lipinski definition) is 3. The quantitative estimate of drug-likeness (QED) is 0.0822. The Bertz CT molecular complexity index is 3090. The topological polar surface area (TPSA) is 187 Å². The third-order valence-electron chi connectivity index (χ3n) is 13.7. The van der Waals surface area contributed by atoms with E-state index in [2.05, 4.69) is 68.8 Å². The highest BCUT2D eigenvalue weighted by atomic mass is 79.9. The Kier molecular flexibility index (Phi) is 12.8. The van der Waals surface area contributed by atoms with Crippen molar-refractivity contribution >= 4 is 86.5 Å². The van der Waals surface area contributed by atoms with Gasteiger partial charge in [-0.25, -0.2) is 4.98 Å². The molecule has 0 bridgehead atoms. The number of halogens is 1. The Morgan fingerprint density at radius 2 is 1.51 bits per heavy atom. The van der Waals surface area contributed by atoms with E-state index < -0.39 is 36.8 Å². The van der Waals surface area contributed by atoms with Gasteiger partial charge in [0.05, 0.1) is 40.3 Å². The van der Waals surface area contributed by atoms with Crippen molar-refractivity contribution in [2.75, 3.05) is 80.1 Å². The van der Waals surface area contributed by atoms with Gasteiger partial charge in [0, 0.05) is 105 Å².